The highest BCUT2D eigenvalue weighted by Crippen LogP contribution is 2.36. The standard InChI is InChI=1S/C17H26BrNO2/c1-4-21-17-15(18)9-13(10-16(17)20-3)11-19-14-7-5-6-12(2)8-14/h9-10,12,14,19H,4-8,11H2,1-3H3. The van der Waals surface area contributed by atoms with Crippen molar-refractivity contribution in [1.29, 1.82) is 0 Å². The van der Waals surface area contributed by atoms with Crippen LogP contribution in [0.2, 0.25) is 0 Å². The van der Waals surface area contributed by atoms with Crippen molar-refractivity contribution >= 4 is 15.9 Å². The van der Waals surface area contributed by atoms with E-state index in [9.17, 15) is 0 Å². The summed E-state index contributed by atoms with van der Waals surface area (Å²) in [7, 11) is 1.68. The van der Waals surface area contributed by atoms with Crippen LogP contribution in [0.4, 0.5) is 0 Å². The highest BCUT2D eigenvalue weighted by atomic mass is 79.9. The molecule has 2 rings (SSSR count). The SMILES string of the molecule is CCOc1c(Br)cc(CNC2CCCC(C)C2)cc1OC. The summed E-state index contributed by atoms with van der Waals surface area (Å²) in [6, 6.07) is 4.83. The monoisotopic (exact) mass is 355 g/mol. The Bertz CT molecular complexity index is 464. The molecular formula is C17H26BrNO2. The summed E-state index contributed by atoms with van der Waals surface area (Å²) in [6.45, 7) is 5.83. The maximum Gasteiger partial charge on any atom is 0.175 e. The lowest BCUT2D eigenvalue weighted by atomic mass is 9.87. The van der Waals surface area contributed by atoms with Gasteiger partial charge in [-0.25, -0.2) is 0 Å². The fraction of sp³-hybridized carbons (Fsp3) is 0.647. The lowest BCUT2D eigenvalue weighted by Gasteiger charge is -2.27. The number of hydrogen-bond acceptors (Lipinski definition) is 3. The minimum atomic E-state index is 0.631. The predicted octanol–water partition coefficient (Wildman–Crippen LogP) is 4.52. The molecule has 1 saturated carbocycles. The van der Waals surface area contributed by atoms with Gasteiger partial charge >= 0.3 is 0 Å². The van der Waals surface area contributed by atoms with E-state index >= 15 is 0 Å². The second-order valence-electron chi connectivity index (χ2n) is 5.89. The van der Waals surface area contributed by atoms with Gasteiger partial charge in [0.1, 0.15) is 0 Å². The van der Waals surface area contributed by atoms with E-state index in [0.29, 0.717) is 12.6 Å². The number of methoxy groups -OCH3 is 1. The summed E-state index contributed by atoms with van der Waals surface area (Å²) in [5, 5.41) is 3.68. The number of ether oxygens (including phenoxy) is 2. The zero-order valence-corrected chi connectivity index (χ0v) is 14.8. The average molecular weight is 356 g/mol. The maximum absolute atomic E-state index is 5.63. The molecule has 1 N–H and O–H groups in total. The third-order valence-corrected chi connectivity index (χ3v) is 4.70. The van der Waals surface area contributed by atoms with Crippen LogP contribution in [0.25, 0.3) is 0 Å². The average Bonchev–Trinajstić information content (AvgIpc) is 2.47. The van der Waals surface area contributed by atoms with Crippen molar-refractivity contribution in [2.75, 3.05) is 13.7 Å². The largest absolute Gasteiger partial charge is 0.493 e. The Kier molecular flexibility index (Phi) is 6.37. The molecule has 0 aliphatic heterocycles. The molecule has 0 spiro atoms. The van der Waals surface area contributed by atoms with Gasteiger partial charge in [0.25, 0.3) is 0 Å². The lowest BCUT2D eigenvalue weighted by Crippen LogP contribution is -2.33. The van der Waals surface area contributed by atoms with Gasteiger partial charge in [0.2, 0.25) is 0 Å². The van der Waals surface area contributed by atoms with Crippen LogP contribution in [0, 0.1) is 5.92 Å². The molecule has 2 atom stereocenters. The maximum atomic E-state index is 5.63. The van der Waals surface area contributed by atoms with Gasteiger partial charge in [-0.3, -0.25) is 0 Å². The van der Waals surface area contributed by atoms with E-state index in [4.69, 9.17) is 9.47 Å². The minimum Gasteiger partial charge on any atom is -0.493 e. The fourth-order valence-electron chi connectivity index (χ4n) is 3.04. The van der Waals surface area contributed by atoms with Gasteiger partial charge in [0, 0.05) is 12.6 Å². The Morgan fingerprint density at radius 1 is 1.33 bits per heavy atom. The predicted molar refractivity (Wildman–Crippen MR) is 90.1 cm³/mol. The van der Waals surface area contributed by atoms with Gasteiger partial charge in [-0.1, -0.05) is 19.8 Å². The molecule has 0 bridgehead atoms. The smallest absolute Gasteiger partial charge is 0.175 e. The van der Waals surface area contributed by atoms with E-state index in [1.165, 1.54) is 31.2 Å². The molecule has 21 heavy (non-hydrogen) atoms. The van der Waals surface area contributed by atoms with E-state index in [-0.39, 0.29) is 0 Å². The number of halogens is 1. The lowest BCUT2D eigenvalue weighted by molar-refractivity contribution is 0.299. The van der Waals surface area contributed by atoms with Crippen LogP contribution in [0.5, 0.6) is 11.5 Å². The fourth-order valence-corrected chi connectivity index (χ4v) is 3.65. The molecule has 2 unspecified atom stereocenters. The molecule has 1 aromatic carbocycles. The summed E-state index contributed by atoms with van der Waals surface area (Å²) >= 11 is 3.58. The van der Waals surface area contributed by atoms with Crippen LogP contribution in [-0.4, -0.2) is 19.8 Å². The number of rotatable bonds is 6. The molecule has 0 saturated heterocycles. The Hall–Kier alpha value is -0.740. The van der Waals surface area contributed by atoms with E-state index in [1.807, 2.05) is 6.92 Å². The Labute approximate surface area is 136 Å². The van der Waals surface area contributed by atoms with Crippen LogP contribution in [0.15, 0.2) is 16.6 Å². The van der Waals surface area contributed by atoms with Crippen molar-refractivity contribution < 1.29 is 9.47 Å². The zero-order valence-electron chi connectivity index (χ0n) is 13.2. The molecule has 118 valence electrons. The van der Waals surface area contributed by atoms with Gasteiger partial charge in [-0.2, -0.15) is 0 Å². The Morgan fingerprint density at radius 3 is 2.81 bits per heavy atom. The van der Waals surface area contributed by atoms with Crippen LogP contribution >= 0.6 is 15.9 Å². The van der Waals surface area contributed by atoms with E-state index in [0.717, 1.165) is 28.4 Å². The molecule has 0 heterocycles. The first-order valence-corrected chi connectivity index (χ1v) is 8.66. The molecular weight excluding hydrogens is 330 g/mol. The van der Waals surface area contributed by atoms with E-state index < -0.39 is 0 Å². The third kappa shape index (κ3) is 4.62. The Balaban J connectivity index is 2.01. The number of benzene rings is 1. The van der Waals surface area contributed by atoms with Crippen LogP contribution in [0.3, 0.4) is 0 Å². The summed E-state index contributed by atoms with van der Waals surface area (Å²) < 4.78 is 12.0. The Morgan fingerprint density at radius 2 is 2.14 bits per heavy atom. The number of hydrogen-bond donors (Lipinski definition) is 1. The summed E-state index contributed by atoms with van der Waals surface area (Å²) in [6.07, 6.45) is 5.30. The van der Waals surface area contributed by atoms with Crippen LogP contribution in [-0.2, 0) is 6.54 Å². The molecule has 0 radical (unpaired) electrons. The van der Waals surface area contributed by atoms with Crippen LogP contribution < -0.4 is 14.8 Å². The normalized spacial score (nSPS) is 22.1. The van der Waals surface area contributed by atoms with Gasteiger partial charge in [0.05, 0.1) is 18.2 Å². The van der Waals surface area contributed by atoms with Gasteiger partial charge in [-0.15, -0.1) is 0 Å². The molecule has 1 aromatic rings. The molecule has 3 nitrogen and oxygen atoms in total. The molecule has 1 aliphatic rings. The van der Waals surface area contributed by atoms with Crippen LogP contribution in [0.1, 0.15) is 45.1 Å². The minimum absolute atomic E-state index is 0.631. The van der Waals surface area contributed by atoms with Gasteiger partial charge < -0.3 is 14.8 Å². The zero-order chi connectivity index (χ0) is 15.2. The molecule has 0 aromatic heterocycles. The second-order valence-corrected chi connectivity index (χ2v) is 6.75. The summed E-state index contributed by atoms with van der Waals surface area (Å²) in [5.74, 6) is 2.42. The quantitative estimate of drug-likeness (QED) is 0.813. The van der Waals surface area contributed by atoms with Crippen molar-refractivity contribution in [2.24, 2.45) is 5.92 Å². The van der Waals surface area contributed by atoms with Gasteiger partial charge in [0.15, 0.2) is 11.5 Å². The third-order valence-electron chi connectivity index (χ3n) is 4.11. The van der Waals surface area contributed by atoms with E-state index in [2.05, 4.69) is 40.3 Å². The molecule has 4 heteroatoms. The first-order valence-electron chi connectivity index (χ1n) is 7.86. The molecule has 0 amide bonds. The van der Waals surface area contributed by atoms with Crippen molar-refractivity contribution in [3.05, 3.63) is 22.2 Å². The summed E-state index contributed by atoms with van der Waals surface area (Å²) in [4.78, 5) is 0. The first kappa shape index (κ1) is 16.6. The van der Waals surface area contributed by atoms with Crippen molar-refractivity contribution in [2.45, 2.75) is 52.1 Å². The molecule has 1 aliphatic carbocycles. The van der Waals surface area contributed by atoms with Crippen molar-refractivity contribution in [1.82, 2.24) is 5.32 Å². The van der Waals surface area contributed by atoms with Crippen molar-refractivity contribution in [3.63, 3.8) is 0 Å². The first-order chi connectivity index (χ1) is 10.1. The topological polar surface area (TPSA) is 30.5 Å². The van der Waals surface area contributed by atoms with E-state index in [1.54, 1.807) is 7.11 Å². The summed E-state index contributed by atoms with van der Waals surface area (Å²) in [5.41, 5.74) is 1.22. The molecule has 1 fully saturated rings. The second kappa shape index (κ2) is 8.04. The van der Waals surface area contributed by atoms with Gasteiger partial charge in [-0.05, 0) is 59.3 Å². The van der Waals surface area contributed by atoms with Crippen molar-refractivity contribution in [3.8, 4) is 11.5 Å². The number of nitrogens with one attached hydrogen (secondary N) is 1. The highest BCUT2D eigenvalue weighted by Gasteiger charge is 2.18. The highest BCUT2D eigenvalue weighted by molar-refractivity contribution is 9.10.